The maximum absolute atomic E-state index is 13.3. The molecule has 0 spiro atoms. The first kappa shape index (κ1) is 25.3. The average molecular weight is 490 g/mol. The summed E-state index contributed by atoms with van der Waals surface area (Å²) in [7, 11) is 0. The summed E-state index contributed by atoms with van der Waals surface area (Å²) in [6, 6.07) is 13.3. The number of ether oxygens (including phenoxy) is 1. The van der Waals surface area contributed by atoms with E-state index in [0.29, 0.717) is 28.1 Å². The molecular formula is C26H29Cl2NO4. The van der Waals surface area contributed by atoms with Crippen molar-refractivity contribution in [2.75, 3.05) is 6.54 Å². The van der Waals surface area contributed by atoms with Crippen LogP contribution in [0.15, 0.2) is 60.7 Å². The Kier molecular flexibility index (Phi) is 8.22. The lowest BCUT2D eigenvalue weighted by atomic mass is 9.93. The smallest absolute Gasteiger partial charge is 0.331 e. The fourth-order valence-electron chi connectivity index (χ4n) is 3.56. The molecule has 2 aromatic carbocycles. The molecule has 1 fully saturated rings. The van der Waals surface area contributed by atoms with E-state index in [9.17, 15) is 14.7 Å². The highest BCUT2D eigenvalue weighted by Gasteiger charge is 2.35. The Morgan fingerprint density at radius 1 is 1.06 bits per heavy atom. The number of esters is 1. The molecule has 0 radical (unpaired) electrons. The number of benzene rings is 2. The number of carbonyl (C=O) groups is 2. The van der Waals surface area contributed by atoms with E-state index in [4.69, 9.17) is 27.9 Å². The third-order valence-corrected chi connectivity index (χ3v) is 5.73. The maximum Gasteiger partial charge on any atom is 0.331 e. The standard InChI is InChI=1S/C26H29Cl2NO4/c1-26(2,3)33-23(31)14-13-22(30)29(16-17-7-8-17)24(18-9-11-20(27)12-10-18)25(32)19-5-4-6-21(28)15-19/h4-6,9-15,17,24-25,32H,7-8,16H2,1-3H3/b14-13+/t24-,25-/m1/s1. The summed E-state index contributed by atoms with van der Waals surface area (Å²) in [5.74, 6) is -0.625. The maximum atomic E-state index is 13.3. The molecule has 0 saturated heterocycles. The molecule has 0 aliphatic heterocycles. The second-order valence-electron chi connectivity index (χ2n) is 9.30. The number of halogens is 2. The van der Waals surface area contributed by atoms with Gasteiger partial charge in [-0.1, -0.05) is 47.5 Å². The fraction of sp³-hybridized carbons (Fsp3) is 0.385. The minimum absolute atomic E-state index is 0.352. The quantitative estimate of drug-likeness (QED) is 0.369. The minimum Gasteiger partial charge on any atom is -0.457 e. The summed E-state index contributed by atoms with van der Waals surface area (Å²) < 4.78 is 5.27. The lowest BCUT2D eigenvalue weighted by molar-refractivity contribution is -0.148. The van der Waals surface area contributed by atoms with E-state index >= 15 is 0 Å². The number of amides is 1. The highest BCUT2D eigenvalue weighted by Crippen LogP contribution is 2.39. The molecule has 33 heavy (non-hydrogen) atoms. The van der Waals surface area contributed by atoms with Crippen molar-refractivity contribution in [3.63, 3.8) is 0 Å². The molecule has 1 aliphatic carbocycles. The lowest BCUT2D eigenvalue weighted by Gasteiger charge is -2.35. The van der Waals surface area contributed by atoms with E-state index in [-0.39, 0.29) is 5.91 Å². The van der Waals surface area contributed by atoms with Gasteiger partial charge in [-0.15, -0.1) is 0 Å². The van der Waals surface area contributed by atoms with Crippen molar-refractivity contribution in [2.24, 2.45) is 5.92 Å². The van der Waals surface area contributed by atoms with Gasteiger partial charge in [0.15, 0.2) is 0 Å². The average Bonchev–Trinajstić information content (AvgIpc) is 3.55. The Morgan fingerprint density at radius 3 is 2.30 bits per heavy atom. The van der Waals surface area contributed by atoms with Gasteiger partial charge in [-0.05, 0) is 74.9 Å². The Bertz CT molecular complexity index is 1010. The monoisotopic (exact) mass is 489 g/mol. The molecule has 3 rings (SSSR count). The van der Waals surface area contributed by atoms with Crippen LogP contribution in [0, 0.1) is 5.92 Å². The zero-order valence-electron chi connectivity index (χ0n) is 19.0. The van der Waals surface area contributed by atoms with Crippen LogP contribution in [0.2, 0.25) is 10.0 Å². The fourth-order valence-corrected chi connectivity index (χ4v) is 3.88. The zero-order valence-corrected chi connectivity index (χ0v) is 20.5. The van der Waals surface area contributed by atoms with Crippen LogP contribution in [-0.4, -0.2) is 34.0 Å². The van der Waals surface area contributed by atoms with Crippen molar-refractivity contribution in [3.05, 3.63) is 81.9 Å². The molecular weight excluding hydrogens is 461 g/mol. The number of carbonyl (C=O) groups excluding carboxylic acids is 2. The number of nitrogens with zero attached hydrogens (tertiary/aromatic N) is 1. The van der Waals surface area contributed by atoms with Gasteiger partial charge in [0.25, 0.3) is 0 Å². The Morgan fingerprint density at radius 2 is 1.73 bits per heavy atom. The second kappa shape index (κ2) is 10.7. The Labute approximate surface area is 204 Å². The van der Waals surface area contributed by atoms with Gasteiger partial charge in [0.2, 0.25) is 5.91 Å². The van der Waals surface area contributed by atoms with Crippen molar-refractivity contribution in [1.29, 1.82) is 0 Å². The minimum atomic E-state index is -1.04. The van der Waals surface area contributed by atoms with E-state index in [1.807, 2.05) is 0 Å². The van der Waals surface area contributed by atoms with Gasteiger partial charge in [-0.3, -0.25) is 4.79 Å². The van der Waals surface area contributed by atoms with Gasteiger partial charge < -0.3 is 14.7 Å². The number of hydrogen-bond acceptors (Lipinski definition) is 4. The van der Waals surface area contributed by atoms with E-state index in [1.54, 1.807) is 74.2 Å². The molecule has 2 atom stereocenters. The Balaban J connectivity index is 1.96. The summed E-state index contributed by atoms with van der Waals surface area (Å²) in [4.78, 5) is 27.1. The van der Waals surface area contributed by atoms with Gasteiger partial charge in [-0.25, -0.2) is 4.79 Å². The van der Waals surface area contributed by atoms with Crippen LogP contribution in [0.3, 0.4) is 0 Å². The first-order valence-electron chi connectivity index (χ1n) is 10.9. The van der Waals surface area contributed by atoms with Crippen LogP contribution in [0.1, 0.15) is 56.9 Å². The van der Waals surface area contributed by atoms with Gasteiger partial charge in [0.05, 0.1) is 6.04 Å². The van der Waals surface area contributed by atoms with E-state index in [0.717, 1.165) is 24.5 Å². The summed E-state index contributed by atoms with van der Waals surface area (Å²) in [6.45, 7) is 5.75. The molecule has 1 aliphatic rings. The van der Waals surface area contributed by atoms with Crippen LogP contribution in [-0.2, 0) is 14.3 Å². The van der Waals surface area contributed by atoms with Crippen LogP contribution in [0.25, 0.3) is 0 Å². The SMILES string of the molecule is CC(C)(C)OC(=O)/C=C/C(=O)N(CC1CC1)[C@H](c1ccc(Cl)cc1)[C@H](O)c1cccc(Cl)c1. The predicted molar refractivity (Wildman–Crippen MR) is 130 cm³/mol. The predicted octanol–water partition coefficient (Wildman–Crippen LogP) is 5.90. The highest BCUT2D eigenvalue weighted by molar-refractivity contribution is 6.30. The first-order chi connectivity index (χ1) is 15.5. The molecule has 1 saturated carbocycles. The molecule has 0 heterocycles. The molecule has 0 bridgehead atoms. The Hall–Kier alpha value is -2.34. The van der Waals surface area contributed by atoms with Crippen molar-refractivity contribution in [1.82, 2.24) is 4.90 Å². The summed E-state index contributed by atoms with van der Waals surface area (Å²) in [6.07, 6.45) is 3.34. The van der Waals surface area contributed by atoms with Gasteiger partial charge in [-0.2, -0.15) is 0 Å². The van der Waals surface area contributed by atoms with Gasteiger partial charge >= 0.3 is 5.97 Å². The first-order valence-corrected chi connectivity index (χ1v) is 11.7. The number of aliphatic hydroxyl groups excluding tert-OH is 1. The normalized spacial score (nSPS) is 15.8. The van der Waals surface area contributed by atoms with Crippen LogP contribution in [0.4, 0.5) is 0 Å². The molecule has 0 unspecified atom stereocenters. The number of aliphatic hydroxyl groups is 1. The third kappa shape index (κ3) is 7.60. The number of rotatable bonds is 8. The third-order valence-electron chi connectivity index (χ3n) is 5.24. The lowest BCUT2D eigenvalue weighted by Crippen LogP contribution is -2.38. The topological polar surface area (TPSA) is 66.8 Å². The van der Waals surface area contributed by atoms with Crippen LogP contribution < -0.4 is 0 Å². The summed E-state index contributed by atoms with van der Waals surface area (Å²) in [5, 5.41) is 12.5. The number of hydrogen-bond donors (Lipinski definition) is 1. The van der Waals surface area contributed by atoms with Gasteiger partial charge in [0.1, 0.15) is 11.7 Å². The molecule has 2 aromatic rings. The molecule has 1 N–H and O–H groups in total. The molecule has 0 aromatic heterocycles. The van der Waals surface area contributed by atoms with Crippen molar-refractivity contribution in [3.8, 4) is 0 Å². The van der Waals surface area contributed by atoms with Crippen LogP contribution in [0.5, 0.6) is 0 Å². The van der Waals surface area contributed by atoms with Gasteiger partial charge in [0, 0.05) is 28.7 Å². The highest BCUT2D eigenvalue weighted by atomic mass is 35.5. The molecule has 5 nitrogen and oxygen atoms in total. The van der Waals surface area contributed by atoms with Crippen LogP contribution >= 0.6 is 23.2 Å². The largest absolute Gasteiger partial charge is 0.457 e. The van der Waals surface area contributed by atoms with Crippen molar-refractivity contribution >= 4 is 35.1 Å². The van der Waals surface area contributed by atoms with E-state index in [1.165, 1.54) is 6.08 Å². The van der Waals surface area contributed by atoms with Crippen molar-refractivity contribution < 1.29 is 19.4 Å². The summed E-state index contributed by atoms with van der Waals surface area (Å²) >= 11 is 12.2. The van der Waals surface area contributed by atoms with E-state index in [2.05, 4.69) is 0 Å². The molecule has 176 valence electrons. The molecule has 1 amide bonds. The van der Waals surface area contributed by atoms with Crippen molar-refractivity contribution in [2.45, 2.75) is 51.4 Å². The molecule has 7 heteroatoms. The van der Waals surface area contributed by atoms with E-state index < -0.39 is 23.7 Å². The summed E-state index contributed by atoms with van der Waals surface area (Å²) in [5.41, 5.74) is 0.658. The second-order valence-corrected chi connectivity index (χ2v) is 10.2. The zero-order chi connectivity index (χ0) is 24.2.